The van der Waals surface area contributed by atoms with Crippen molar-refractivity contribution in [3.05, 3.63) is 24.3 Å². The van der Waals surface area contributed by atoms with Gasteiger partial charge >= 0.3 is 0 Å². The second kappa shape index (κ2) is 10.1. The zero-order valence-corrected chi connectivity index (χ0v) is 15.9. The Labute approximate surface area is 151 Å². The first-order chi connectivity index (χ1) is 12.1. The molecule has 0 aliphatic carbocycles. The highest BCUT2D eigenvalue weighted by Crippen LogP contribution is 2.20. The number of benzene rings is 1. The molecule has 140 valence electrons. The Bertz CT molecular complexity index is 550. The minimum Gasteiger partial charge on any atom is -0.497 e. The van der Waals surface area contributed by atoms with Crippen LogP contribution in [0.3, 0.4) is 0 Å². The van der Waals surface area contributed by atoms with Crippen molar-refractivity contribution >= 4 is 5.96 Å². The normalized spacial score (nSPS) is 19.5. The number of nitrogens with zero attached hydrogens (tertiary/aromatic N) is 2. The van der Waals surface area contributed by atoms with E-state index in [-0.39, 0.29) is 6.10 Å². The van der Waals surface area contributed by atoms with E-state index >= 15 is 0 Å². The lowest BCUT2D eigenvalue weighted by molar-refractivity contribution is 0.229. The molecule has 1 aliphatic rings. The van der Waals surface area contributed by atoms with Crippen molar-refractivity contribution in [3.63, 3.8) is 0 Å². The van der Waals surface area contributed by atoms with Crippen molar-refractivity contribution < 1.29 is 9.47 Å². The molecular weight excluding hydrogens is 316 g/mol. The van der Waals surface area contributed by atoms with Crippen LogP contribution in [0.4, 0.5) is 0 Å². The zero-order valence-electron chi connectivity index (χ0n) is 15.9. The molecule has 1 saturated heterocycles. The summed E-state index contributed by atoms with van der Waals surface area (Å²) in [5.41, 5.74) is 0. The Balaban J connectivity index is 1.83. The van der Waals surface area contributed by atoms with Gasteiger partial charge in [-0.25, -0.2) is 4.99 Å². The third-order valence-corrected chi connectivity index (χ3v) is 4.41. The average molecular weight is 348 g/mol. The Morgan fingerprint density at radius 1 is 1.36 bits per heavy atom. The summed E-state index contributed by atoms with van der Waals surface area (Å²) in [6, 6.07) is 8.24. The van der Waals surface area contributed by atoms with Crippen LogP contribution in [0.15, 0.2) is 29.3 Å². The number of guanidine groups is 1. The van der Waals surface area contributed by atoms with Gasteiger partial charge < -0.3 is 25.0 Å². The molecule has 1 heterocycles. The van der Waals surface area contributed by atoms with Gasteiger partial charge in [0.05, 0.1) is 13.7 Å². The molecule has 0 bridgehead atoms. The summed E-state index contributed by atoms with van der Waals surface area (Å²) in [6.45, 7) is 7.65. The fourth-order valence-electron chi connectivity index (χ4n) is 2.96. The van der Waals surface area contributed by atoms with Gasteiger partial charge in [0.1, 0.15) is 17.6 Å². The largest absolute Gasteiger partial charge is 0.497 e. The second-order valence-electron chi connectivity index (χ2n) is 6.48. The quantitative estimate of drug-likeness (QED) is 0.557. The van der Waals surface area contributed by atoms with E-state index in [1.54, 1.807) is 7.11 Å². The third-order valence-electron chi connectivity index (χ3n) is 4.41. The molecule has 0 aromatic heterocycles. The van der Waals surface area contributed by atoms with Gasteiger partial charge in [0.25, 0.3) is 0 Å². The molecule has 0 radical (unpaired) electrons. The SMILES string of the molecule is CCNC(=NCC(C)Oc1cccc(OC)c1)NCC1CCCN1C. The molecule has 1 aromatic carbocycles. The van der Waals surface area contributed by atoms with E-state index in [1.165, 1.54) is 19.4 Å². The Morgan fingerprint density at radius 3 is 2.84 bits per heavy atom. The lowest BCUT2D eigenvalue weighted by Gasteiger charge is -2.21. The van der Waals surface area contributed by atoms with Crippen LogP contribution in [-0.4, -0.2) is 63.3 Å². The Morgan fingerprint density at radius 2 is 2.16 bits per heavy atom. The molecule has 1 fully saturated rings. The summed E-state index contributed by atoms with van der Waals surface area (Å²) in [4.78, 5) is 7.07. The summed E-state index contributed by atoms with van der Waals surface area (Å²) < 4.78 is 11.2. The van der Waals surface area contributed by atoms with Crippen LogP contribution < -0.4 is 20.1 Å². The van der Waals surface area contributed by atoms with Gasteiger partial charge in [-0.2, -0.15) is 0 Å². The molecular formula is C19H32N4O2. The van der Waals surface area contributed by atoms with E-state index in [9.17, 15) is 0 Å². The maximum absolute atomic E-state index is 5.93. The summed E-state index contributed by atoms with van der Waals surface area (Å²) in [7, 11) is 3.84. The predicted molar refractivity (Wildman–Crippen MR) is 103 cm³/mol. The van der Waals surface area contributed by atoms with Crippen molar-refractivity contribution in [2.75, 3.05) is 40.3 Å². The van der Waals surface area contributed by atoms with E-state index in [2.05, 4.69) is 34.5 Å². The molecule has 0 saturated carbocycles. The van der Waals surface area contributed by atoms with Gasteiger partial charge in [-0.1, -0.05) is 6.07 Å². The van der Waals surface area contributed by atoms with Gasteiger partial charge in [-0.05, 0) is 52.4 Å². The van der Waals surface area contributed by atoms with Gasteiger partial charge in [-0.15, -0.1) is 0 Å². The Kier molecular flexibility index (Phi) is 7.85. The minimum absolute atomic E-state index is 0.0169. The molecule has 6 heteroatoms. The smallest absolute Gasteiger partial charge is 0.191 e. The molecule has 2 atom stereocenters. The molecule has 6 nitrogen and oxygen atoms in total. The lowest BCUT2D eigenvalue weighted by atomic mass is 10.2. The van der Waals surface area contributed by atoms with Crippen LogP contribution in [0.5, 0.6) is 11.5 Å². The zero-order chi connectivity index (χ0) is 18.1. The lowest BCUT2D eigenvalue weighted by Crippen LogP contribution is -2.44. The summed E-state index contributed by atoms with van der Waals surface area (Å²) >= 11 is 0. The fourth-order valence-corrected chi connectivity index (χ4v) is 2.96. The van der Waals surface area contributed by atoms with Gasteiger partial charge in [0.2, 0.25) is 0 Å². The number of likely N-dealkylation sites (N-methyl/N-ethyl adjacent to an activating group) is 1. The van der Waals surface area contributed by atoms with Gasteiger partial charge in [0.15, 0.2) is 5.96 Å². The van der Waals surface area contributed by atoms with E-state index in [0.717, 1.165) is 30.5 Å². The first-order valence-electron chi connectivity index (χ1n) is 9.15. The monoisotopic (exact) mass is 348 g/mol. The van der Waals surface area contributed by atoms with Gasteiger partial charge in [0, 0.05) is 25.2 Å². The van der Waals surface area contributed by atoms with Crippen molar-refractivity contribution in [3.8, 4) is 11.5 Å². The number of hydrogen-bond donors (Lipinski definition) is 2. The molecule has 1 aliphatic heterocycles. The van der Waals surface area contributed by atoms with Crippen LogP contribution in [0, 0.1) is 0 Å². The highest BCUT2D eigenvalue weighted by molar-refractivity contribution is 5.79. The number of nitrogens with one attached hydrogen (secondary N) is 2. The van der Waals surface area contributed by atoms with Gasteiger partial charge in [-0.3, -0.25) is 0 Å². The fraction of sp³-hybridized carbons (Fsp3) is 0.632. The second-order valence-corrected chi connectivity index (χ2v) is 6.48. The van der Waals surface area contributed by atoms with Crippen LogP contribution in [0.25, 0.3) is 0 Å². The molecule has 1 aromatic rings. The topological polar surface area (TPSA) is 58.1 Å². The average Bonchev–Trinajstić information content (AvgIpc) is 3.02. The maximum atomic E-state index is 5.93. The van der Waals surface area contributed by atoms with Crippen LogP contribution in [0.2, 0.25) is 0 Å². The molecule has 2 N–H and O–H groups in total. The van der Waals surface area contributed by atoms with Crippen molar-refractivity contribution in [1.82, 2.24) is 15.5 Å². The van der Waals surface area contributed by atoms with Crippen molar-refractivity contribution in [2.24, 2.45) is 4.99 Å². The predicted octanol–water partition coefficient (Wildman–Crippen LogP) is 2.11. The number of likely N-dealkylation sites (tertiary alicyclic amines) is 1. The summed E-state index contributed by atoms with van der Waals surface area (Å²) in [5, 5.41) is 6.76. The van der Waals surface area contributed by atoms with E-state index < -0.39 is 0 Å². The number of ether oxygens (including phenoxy) is 2. The number of aliphatic imine (C=N–C) groups is 1. The van der Waals surface area contributed by atoms with Crippen LogP contribution >= 0.6 is 0 Å². The third kappa shape index (κ3) is 6.46. The van der Waals surface area contributed by atoms with E-state index in [0.29, 0.717) is 12.6 Å². The molecule has 25 heavy (non-hydrogen) atoms. The Hall–Kier alpha value is -1.95. The molecule has 2 unspecified atom stereocenters. The standard InChI is InChI=1S/C19H32N4O2/c1-5-20-19(22-14-16-8-7-11-23(16)3)21-13-15(2)25-18-10-6-9-17(12-18)24-4/h6,9-10,12,15-16H,5,7-8,11,13-14H2,1-4H3,(H2,20,21,22). The highest BCUT2D eigenvalue weighted by atomic mass is 16.5. The maximum Gasteiger partial charge on any atom is 0.191 e. The number of rotatable bonds is 8. The van der Waals surface area contributed by atoms with E-state index in [4.69, 9.17) is 9.47 Å². The van der Waals surface area contributed by atoms with Crippen LogP contribution in [-0.2, 0) is 0 Å². The molecule has 0 amide bonds. The minimum atomic E-state index is -0.0169. The first-order valence-corrected chi connectivity index (χ1v) is 9.15. The first kappa shape index (κ1) is 19.4. The summed E-state index contributed by atoms with van der Waals surface area (Å²) in [5.74, 6) is 2.44. The number of hydrogen-bond acceptors (Lipinski definition) is 4. The summed E-state index contributed by atoms with van der Waals surface area (Å²) in [6.07, 6.45) is 2.51. The number of methoxy groups -OCH3 is 1. The molecule has 2 rings (SSSR count). The van der Waals surface area contributed by atoms with Crippen molar-refractivity contribution in [2.45, 2.75) is 38.8 Å². The highest BCUT2D eigenvalue weighted by Gasteiger charge is 2.20. The van der Waals surface area contributed by atoms with E-state index in [1.807, 2.05) is 31.2 Å². The van der Waals surface area contributed by atoms with Crippen molar-refractivity contribution in [1.29, 1.82) is 0 Å². The molecule has 0 spiro atoms. The van der Waals surface area contributed by atoms with Crippen LogP contribution in [0.1, 0.15) is 26.7 Å².